The molecule has 0 radical (unpaired) electrons. The van der Waals surface area contributed by atoms with Crippen molar-refractivity contribution in [1.29, 1.82) is 0 Å². The zero-order valence-electron chi connectivity index (χ0n) is 9.87. The molecule has 2 N–H and O–H groups in total. The Morgan fingerprint density at radius 2 is 2.00 bits per heavy atom. The Balaban J connectivity index is 2.42. The number of hydrogen-bond acceptors (Lipinski definition) is 5. The van der Waals surface area contributed by atoms with Crippen molar-refractivity contribution in [2.24, 2.45) is 0 Å². The van der Waals surface area contributed by atoms with Crippen LogP contribution in [0.3, 0.4) is 0 Å². The van der Waals surface area contributed by atoms with Crippen molar-refractivity contribution in [3.8, 4) is 0 Å². The van der Waals surface area contributed by atoms with Gasteiger partial charge in [0.1, 0.15) is 0 Å². The van der Waals surface area contributed by atoms with Crippen LogP contribution in [0.1, 0.15) is 24.7 Å². The first-order valence-electron chi connectivity index (χ1n) is 5.32. The molecule has 0 aliphatic rings. The van der Waals surface area contributed by atoms with Crippen LogP contribution in [0.4, 0.5) is 5.95 Å². The normalized spacial score (nSPS) is 9.94. The van der Waals surface area contributed by atoms with Gasteiger partial charge in [-0.1, -0.05) is 6.92 Å². The SMILES string of the molecule is CCCNC(=O)CNc1nnc(C)c(C)n1. The molecule has 0 fully saturated rings. The van der Waals surface area contributed by atoms with Crippen molar-refractivity contribution >= 4 is 11.9 Å². The van der Waals surface area contributed by atoms with E-state index in [1.165, 1.54) is 0 Å². The van der Waals surface area contributed by atoms with Crippen molar-refractivity contribution in [2.45, 2.75) is 27.2 Å². The van der Waals surface area contributed by atoms with E-state index >= 15 is 0 Å². The van der Waals surface area contributed by atoms with Crippen LogP contribution in [0.25, 0.3) is 0 Å². The minimum absolute atomic E-state index is 0.0660. The lowest BCUT2D eigenvalue weighted by atomic mass is 10.4. The Morgan fingerprint density at radius 3 is 2.62 bits per heavy atom. The Bertz CT molecular complexity index is 366. The van der Waals surface area contributed by atoms with Gasteiger partial charge in [0.25, 0.3) is 0 Å². The summed E-state index contributed by atoms with van der Waals surface area (Å²) < 4.78 is 0. The van der Waals surface area contributed by atoms with E-state index in [4.69, 9.17) is 0 Å². The van der Waals surface area contributed by atoms with Gasteiger partial charge in [-0.3, -0.25) is 4.79 Å². The molecule has 6 nitrogen and oxygen atoms in total. The Morgan fingerprint density at radius 1 is 1.25 bits per heavy atom. The summed E-state index contributed by atoms with van der Waals surface area (Å²) in [5, 5.41) is 13.3. The summed E-state index contributed by atoms with van der Waals surface area (Å²) in [5.41, 5.74) is 1.60. The molecule has 0 unspecified atom stereocenters. The van der Waals surface area contributed by atoms with Gasteiger partial charge in [0.2, 0.25) is 11.9 Å². The summed E-state index contributed by atoms with van der Waals surface area (Å²) in [6.45, 7) is 6.56. The predicted molar refractivity (Wildman–Crippen MR) is 61.1 cm³/mol. The molecule has 1 aromatic heterocycles. The maximum Gasteiger partial charge on any atom is 0.243 e. The molecule has 16 heavy (non-hydrogen) atoms. The van der Waals surface area contributed by atoms with E-state index in [0.29, 0.717) is 12.5 Å². The molecule has 1 rings (SSSR count). The first kappa shape index (κ1) is 12.4. The molecule has 6 heteroatoms. The highest BCUT2D eigenvalue weighted by atomic mass is 16.1. The van der Waals surface area contributed by atoms with Gasteiger partial charge < -0.3 is 10.6 Å². The average molecular weight is 223 g/mol. The van der Waals surface area contributed by atoms with Gasteiger partial charge in [-0.05, 0) is 20.3 Å². The number of nitrogens with zero attached hydrogens (tertiary/aromatic N) is 3. The minimum Gasteiger partial charge on any atom is -0.355 e. The van der Waals surface area contributed by atoms with Crippen LogP contribution in [-0.4, -0.2) is 34.2 Å². The number of anilines is 1. The monoisotopic (exact) mass is 223 g/mol. The lowest BCUT2D eigenvalue weighted by Gasteiger charge is -2.06. The number of aryl methyl sites for hydroxylation is 2. The second-order valence-corrected chi connectivity index (χ2v) is 3.51. The van der Waals surface area contributed by atoms with Crippen molar-refractivity contribution in [3.63, 3.8) is 0 Å². The smallest absolute Gasteiger partial charge is 0.243 e. The number of amides is 1. The average Bonchev–Trinajstić information content (AvgIpc) is 2.28. The summed E-state index contributed by atoms with van der Waals surface area (Å²) in [5.74, 6) is 0.318. The second-order valence-electron chi connectivity index (χ2n) is 3.51. The topological polar surface area (TPSA) is 79.8 Å². The van der Waals surface area contributed by atoms with Crippen molar-refractivity contribution < 1.29 is 4.79 Å². The largest absolute Gasteiger partial charge is 0.355 e. The van der Waals surface area contributed by atoms with Gasteiger partial charge in [-0.15, -0.1) is 5.10 Å². The van der Waals surface area contributed by atoms with E-state index in [9.17, 15) is 4.79 Å². The fourth-order valence-corrected chi connectivity index (χ4v) is 1.02. The van der Waals surface area contributed by atoms with Gasteiger partial charge in [-0.2, -0.15) is 5.10 Å². The summed E-state index contributed by atoms with van der Waals surface area (Å²) in [6, 6.07) is 0. The van der Waals surface area contributed by atoms with Gasteiger partial charge in [-0.25, -0.2) is 4.98 Å². The van der Waals surface area contributed by atoms with E-state index < -0.39 is 0 Å². The number of aromatic nitrogens is 3. The number of carbonyl (C=O) groups excluding carboxylic acids is 1. The van der Waals surface area contributed by atoms with Crippen LogP contribution >= 0.6 is 0 Å². The van der Waals surface area contributed by atoms with E-state index in [2.05, 4.69) is 25.8 Å². The lowest BCUT2D eigenvalue weighted by molar-refractivity contribution is -0.119. The van der Waals surface area contributed by atoms with Crippen LogP contribution in [0.5, 0.6) is 0 Å². The highest BCUT2D eigenvalue weighted by Crippen LogP contribution is 2.00. The molecule has 0 aliphatic heterocycles. The number of nitrogens with one attached hydrogen (secondary N) is 2. The van der Waals surface area contributed by atoms with E-state index in [-0.39, 0.29) is 12.5 Å². The molecule has 0 aliphatic carbocycles. The maximum atomic E-state index is 11.3. The summed E-state index contributed by atoms with van der Waals surface area (Å²) in [4.78, 5) is 15.4. The zero-order valence-corrected chi connectivity index (χ0v) is 9.87. The Hall–Kier alpha value is -1.72. The molecule has 0 saturated carbocycles. The fourth-order valence-electron chi connectivity index (χ4n) is 1.02. The minimum atomic E-state index is -0.0660. The Labute approximate surface area is 94.9 Å². The molecule has 1 amide bonds. The van der Waals surface area contributed by atoms with Crippen LogP contribution in [0.15, 0.2) is 0 Å². The van der Waals surface area contributed by atoms with Gasteiger partial charge in [0, 0.05) is 6.54 Å². The highest BCUT2D eigenvalue weighted by molar-refractivity contribution is 5.80. The van der Waals surface area contributed by atoms with Gasteiger partial charge in [0.15, 0.2) is 0 Å². The van der Waals surface area contributed by atoms with Gasteiger partial charge >= 0.3 is 0 Å². The van der Waals surface area contributed by atoms with Crippen LogP contribution < -0.4 is 10.6 Å². The molecule has 1 aromatic rings. The number of carbonyl (C=O) groups is 1. The van der Waals surface area contributed by atoms with Crippen molar-refractivity contribution in [2.75, 3.05) is 18.4 Å². The van der Waals surface area contributed by atoms with Gasteiger partial charge in [0.05, 0.1) is 17.9 Å². The number of rotatable bonds is 5. The quantitative estimate of drug-likeness (QED) is 0.756. The second kappa shape index (κ2) is 5.99. The summed E-state index contributed by atoms with van der Waals surface area (Å²) in [7, 11) is 0. The summed E-state index contributed by atoms with van der Waals surface area (Å²) in [6.07, 6.45) is 0.924. The lowest BCUT2D eigenvalue weighted by Crippen LogP contribution is -2.30. The molecule has 1 heterocycles. The molecular weight excluding hydrogens is 206 g/mol. The van der Waals surface area contributed by atoms with Crippen LogP contribution in [0.2, 0.25) is 0 Å². The standard InChI is InChI=1S/C10H17N5O/c1-4-5-11-9(16)6-12-10-13-7(2)8(3)14-15-10/h4-6H2,1-3H3,(H,11,16)(H,12,13,15). The van der Waals surface area contributed by atoms with Crippen LogP contribution in [0, 0.1) is 13.8 Å². The summed E-state index contributed by atoms with van der Waals surface area (Å²) >= 11 is 0. The first-order valence-corrected chi connectivity index (χ1v) is 5.32. The molecule has 0 aromatic carbocycles. The van der Waals surface area contributed by atoms with E-state index in [0.717, 1.165) is 17.8 Å². The fraction of sp³-hybridized carbons (Fsp3) is 0.600. The van der Waals surface area contributed by atoms with Crippen molar-refractivity contribution in [3.05, 3.63) is 11.4 Å². The highest BCUT2D eigenvalue weighted by Gasteiger charge is 2.03. The third kappa shape index (κ3) is 3.80. The van der Waals surface area contributed by atoms with Crippen LogP contribution in [-0.2, 0) is 4.79 Å². The molecule has 88 valence electrons. The zero-order chi connectivity index (χ0) is 12.0. The third-order valence-corrected chi connectivity index (χ3v) is 2.07. The first-order chi connectivity index (χ1) is 7.63. The molecule has 0 atom stereocenters. The maximum absolute atomic E-state index is 11.3. The third-order valence-electron chi connectivity index (χ3n) is 2.07. The van der Waals surface area contributed by atoms with Crippen molar-refractivity contribution in [1.82, 2.24) is 20.5 Å². The van der Waals surface area contributed by atoms with E-state index in [1.54, 1.807) is 0 Å². The molecular formula is C10H17N5O. The predicted octanol–water partition coefficient (Wildman–Crippen LogP) is 0.427. The molecule has 0 bridgehead atoms. The number of hydrogen-bond donors (Lipinski definition) is 2. The van der Waals surface area contributed by atoms with E-state index in [1.807, 2.05) is 20.8 Å². The molecule has 0 saturated heterocycles. The Kier molecular flexibility index (Phi) is 4.63. The molecule has 0 spiro atoms.